The zero-order valence-electron chi connectivity index (χ0n) is 12.2. The van der Waals surface area contributed by atoms with Crippen molar-refractivity contribution in [3.05, 3.63) is 75.3 Å². The van der Waals surface area contributed by atoms with Crippen molar-refractivity contribution in [3.8, 4) is 0 Å². The zero-order chi connectivity index (χ0) is 17.5. The Labute approximate surface area is 148 Å². The molecule has 0 aliphatic carbocycles. The number of nitrogens with one attached hydrogen (secondary N) is 2. The van der Waals surface area contributed by atoms with E-state index in [1.54, 1.807) is 36.4 Å². The second-order valence-electron chi connectivity index (χ2n) is 4.64. The molecule has 0 heterocycles. The predicted molar refractivity (Wildman–Crippen MR) is 97.9 cm³/mol. The Morgan fingerprint density at radius 1 is 1.21 bits per heavy atom. The summed E-state index contributed by atoms with van der Waals surface area (Å²) in [5, 5.41) is 16.5. The fourth-order valence-electron chi connectivity index (χ4n) is 1.76. The summed E-state index contributed by atoms with van der Waals surface area (Å²) < 4.78 is 0. The molecule has 2 aromatic rings. The second kappa shape index (κ2) is 8.19. The van der Waals surface area contributed by atoms with Crippen LogP contribution >= 0.6 is 23.8 Å². The molecule has 6 nitrogen and oxygen atoms in total. The molecule has 0 aromatic heterocycles. The number of anilines is 1. The van der Waals surface area contributed by atoms with Gasteiger partial charge in [0.2, 0.25) is 5.91 Å². The highest BCUT2D eigenvalue weighted by atomic mass is 35.5. The van der Waals surface area contributed by atoms with E-state index in [0.29, 0.717) is 10.7 Å². The standard InChI is InChI=1S/C16H12ClN3O3S/c17-12-7-4-11(5-8-12)6-9-15(21)19-16(24)18-13-2-1-3-14(10-13)20(22)23/h1-10H,(H2,18,19,21,24). The molecule has 0 saturated carbocycles. The van der Waals surface area contributed by atoms with Crippen molar-refractivity contribution >= 4 is 52.3 Å². The summed E-state index contributed by atoms with van der Waals surface area (Å²) in [6, 6.07) is 12.8. The Balaban J connectivity index is 1.92. The molecule has 0 aliphatic heterocycles. The molecular formula is C16H12ClN3O3S. The number of non-ortho nitro benzene ring substituents is 1. The van der Waals surface area contributed by atoms with Crippen LogP contribution in [0.3, 0.4) is 0 Å². The van der Waals surface area contributed by atoms with E-state index >= 15 is 0 Å². The van der Waals surface area contributed by atoms with Crippen molar-refractivity contribution in [3.63, 3.8) is 0 Å². The Hall–Kier alpha value is -2.77. The molecule has 0 fully saturated rings. The van der Waals surface area contributed by atoms with Crippen molar-refractivity contribution in [2.24, 2.45) is 0 Å². The highest BCUT2D eigenvalue weighted by molar-refractivity contribution is 7.80. The lowest BCUT2D eigenvalue weighted by Gasteiger charge is -2.07. The fraction of sp³-hybridized carbons (Fsp3) is 0. The van der Waals surface area contributed by atoms with Gasteiger partial charge in [-0.25, -0.2) is 0 Å². The minimum absolute atomic E-state index is 0.0428. The topological polar surface area (TPSA) is 84.3 Å². The number of nitro benzene ring substituents is 1. The SMILES string of the molecule is O=C(C=Cc1ccc(Cl)cc1)NC(=S)Nc1cccc([N+](=O)[O-])c1. The van der Waals surface area contributed by atoms with Gasteiger partial charge >= 0.3 is 0 Å². The zero-order valence-corrected chi connectivity index (χ0v) is 13.8. The van der Waals surface area contributed by atoms with Crippen LogP contribution in [0.25, 0.3) is 6.08 Å². The lowest BCUT2D eigenvalue weighted by molar-refractivity contribution is -0.384. The number of amides is 1. The number of nitrogens with zero attached hydrogens (tertiary/aromatic N) is 1. The number of carbonyl (C=O) groups is 1. The number of hydrogen-bond donors (Lipinski definition) is 2. The number of hydrogen-bond acceptors (Lipinski definition) is 4. The summed E-state index contributed by atoms with van der Waals surface area (Å²) in [6.07, 6.45) is 2.94. The first kappa shape index (κ1) is 17.6. The van der Waals surface area contributed by atoms with Gasteiger partial charge in [0.25, 0.3) is 5.69 Å². The molecular weight excluding hydrogens is 350 g/mol. The minimum Gasteiger partial charge on any atom is -0.332 e. The van der Waals surface area contributed by atoms with Crippen molar-refractivity contribution in [2.75, 3.05) is 5.32 Å². The average Bonchev–Trinajstić information content (AvgIpc) is 2.54. The van der Waals surface area contributed by atoms with Crippen LogP contribution in [0.2, 0.25) is 5.02 Å². The number of rotatable bonds is 4. The molecule has 24 heavy (non-hydrogen) atoms. The molecule has 0 atom stereocenters. The molecule has 8 heteroatoms. The third-order valence-electron chi connectivity index (χ3n) is 2.85. The highest BCUT2D eigenvalue weighted by Crippen LogP contribution is 2.16. The molecule has 0 spiro atoms. The maximum Gasteiger partial charge on any atom is 0.271 e. The van der Waals surface area contributed by atoms with Crippen molar-refractivity contribution in [1.29, 1.82) is 0 Å². The Bertz CT molecular complexity index is 806. The van der Waals surface area contributed by atoms with Crippen LogP contribution in [0.5, 0.6) is 0 Å². The van der Waals surface area contributed by atoms with Crippen LogP contribution in [-0.4, -0.2) is 15.9 Å². The first-order valence-electron chi connectivity index (χ1n) is 6.74. The summed E-state index contributed by atoms with van der Waals surface area (Å²) in [5.41, 5.74) is 1.15. The van der Waals surface area contributed by atoms with Crippen molar-refractivity contribution in [1.82, 2.24) is 5.32 Å². The van der Waals surface area contributed by atoms with Gasteiger partial charge in [-0.15, -0.1) is 0 Å². The third-order valence-corrected chi connectivity index (χ3v) is 3.30. The Morgan fingerprint density at radius 2 is 1.92 bits per heavy atom. The van der Waals surface area contributed by atoms with E-state index in [1.807, 2.05) is 0 Å². The van der Waals surface area contributed by atoms with E-state index in [1.165, 1.54) is 24.3 Å². The van der Waals surface area contributed by atoms with E-state index in [-0.39, 0.29) is 10.8 Å². The van der Waals surface area contributed by atoms with E-state index in [0.717, 1.165) is 5.56 Å². The van der Waals surface area contributed by atoms with E-state index < -0.39 is 10.8 Å². The molecule has 0 unspecified atom stereocenters. The number of nitro groups is 1. The normalized spacial score (nSPS) is 10.4. The summed E-state index contributed by atoms with van der Waals surface area (Å²) in [5.74, 6) is -0.423. The number of benzene rings is 2. The third kappa shape index (κ3) is 5.45. The van der Waals surface area contributed by atoms with Gasteiger partial charge in [0, 0.05) is 28.9 Å². The number of halogens is 1. The fourth-order valence-corrected chi connectivity index (χ4v) is 2.10. The van der Waals surface area contributed by atoms with Crippen LogP contribution < -0.4 is 10.6 Å². The summed E-state index contributed by atoms with van der Waals surface area (Å²) >= 11 is 10.8. The number of carbonyl (C=O) groups excluding carboxylic acids is 1. The first-order chi connectivity index (χ1) is 11.4. The summed E-state index contributed by atoms with van der Waals surface area (Å²) in [7, 11) is 0. The second-order valence-corrected chi connectivity index (χ2v) is 5.48. The van der Waals surface area contributed by atoms with Crippen molar-refractivity contribution in [2.45, 2.75) is 0 Å². The van der Waals surface area contributed by atoms with E-state index in [4.69, 9.17) is 23.8 Å². The van der Waals surface area contributed by atoms with Crippen LogP contribution in [0.4, 0.5) is 11.4 Å². The lowest BCUT2D eigenvalue weighted by atomic mass is 10.2. The largest absolute Gasteiger partial charge is 0.332 e. The van der Waals surface area contributed by atoms with Crippen molar-refractivity contribution < 1.29 is 9.72 Å². The minimum atomic E-state index is -0.512. The smallest absolute Gasteiger partial charge is 0.271 e. The van der Waals surface area contributed by atoms with Gasteiger partial charge in [0.1, 0.15) is 0 Å². The average molecular weight is 362 g/mol. The van der Waals surface area contributed by atoms with Crippen LogP contribution in [0.1, 0.15) is 5.56 Å². The van der Waals surface area contributed by atoms with Gasteiger partial charge < -0.3 is 5.32 Å². The van der Waals surface area contributed by atoms with Crippen LogP contribution in [-0.2, 0) is 4.79 Å². The molecule has 2 aromatic carbocycles. The molecule has 0 aliphatic rings. The molecule has 2 rings (SSSR count). The molecule has 0 radical (unpaired) electrons. The maximum absolute atomic E-state index is 11.8. The molecule has 2 N–H and O–H groups in total. The summed E-state index contributed by atoms with van der Waals surface area (Å²) in [4.78, 5) is 22.0. The van der Waals surface area contributed by atoms with Gasteiger partial charge in [-0.1, -0.05) is 29.8 Å². The van der Waals surface area contributed by atoms with Crippen LogP contribution in [0.15, 0.2) is 54.6 Å². The molecule has 1 amide bonds. The summed E-state index contributed by atoms with van der Waals surface area (Å²) in [6.45, 7) is 0. The lowest BCUT2D eigenvalue weighted by Crippen LogP contribution is -2.32. The van der Waals surface area contributed by atoms with Gasteiger partial charge in [-0.3, -0.25) is 20.2 Å². The predicted octanol–water partition coefficient (Wildman–Crippen LogP) is 3.77. The monoisotopic (exact) mass is 361 g/mol. The molecule has 122 valence electrons. The van der Waals surface area contributed by atoms with Gasteiger partial charge in [0.15, 0.2) is 5.11 Å². The number of thiocarbonyl (C=S) groups is 1. The Morgan fingerprint density at radius 3 is 2.58 bits per heavy atom. The van der Waals surface area contributed by atoms with Gasteiger partial charge in [0.05, 0.1) is 4.92 Å². The van der Waals surface area contributed by atoms with Crippen LogP contribution in [0, 0.1) is 10.1 Å². The van der Waals surface area contributed by atoms with Gasteiger partial charge in [-0.05, 0) is 42.1 Å². The quantitative estimate of drug-likeness (QED) is 0.375. The Kier molecular flexibility index (Phi) is 6.00. The molecule has 0 bridgehead atoms. The van der Waals surface area contributed by atoms with E-state index in [9.17, 15) is 14.9 Å². The van der Waals surface area contributed by atoms with Gasteiger partial charge in [-0.2, -0.15) is 0 Å². The highest BCUT2D eigenvalue weighted by Gasteiger charge is 2.07. The van der Waals surface area contributed by atoms with E-state index in [2.05, 4.69) is 10.6 Å². The maximum atomic E-state index is 11.8. The first-order valence-corrected chi connectivity index (χ1v) is 7.53. The molecule has 0 saturated heterocycles.